The first-order valence-electron chi connectivity index (χ1n) is 7.77. The lowest BCUT2D eigenvalue weighted by atomic mass is 9.90. The largest absolute Gasteiger partial charge is 0.313 e. The van der Waals surface area contributed by atoms with Gasteiger partial charge in [-0.3, -0.25) is 0 Å². The number of thioether (sulfide) groups is 1. The van der Waals surface area contributed by atoms with E-state index in [-0.39, 0.29) is 0 Å². The Bertz CT molecular complexity index is 400. The quantitative estimate of drug-likeness (QED) is 0.776. The number of rotatable bonds is 6. The lowest BCUT2D eigenvalue weighted by Crippen LogP contribution is -2.12. The molecule has 19 heavy (non-hydrogen) atoms. The molecule has 1 aromatic rings. The van der Waals surface area contributed by atoms with Crippen molar-refractivity contribution in [2.75, 3.05) is 12.3 Å². The highest BCUT2D eigenvalue weighted by atomic mass is 32.2. The Morgan fingerprint density at radius 3 is 2.63 bits per heavy atom. The van der Waals surface area contributed by atoms with Crippen LogP contribution in [0.5, 0.6) is 0 Å². The summed E-state index contributed by atoms with van der Waals surface area (Å²) in [7, 11) is 0. The molecule has 2 bridgehead atoms. The summed E-state index contributed by atoms with van der Waals surface area (Å²) in [4.78, 5) is 1.45. The molecule has 1 N–H and O–H groups in total. The second-order valence-corrected chi connectivity index (χ2v) is 7.26. The second-order valence-electron chi connectivity index (χ2n) is 6.17. The van der Waals surface area contributed by atoms with Gasteiger partial charge in [-0.25, -0.2) is 0 Å². The molecular weight excluding hydrogens is 250 g/mol. The number of nitrogens with one attached hydrogen (secondary N) is 1. The summed E-state index contributed by atoms with van der Waals surface area (Å²) in [5.41, 5.74) is 1.39. The van der Waals surface area contributed by atoms with Crippen molar-refractivity contribution < 1.29 is 0 Å². The molecule has 3 unspecified atom stereocenters. The van der Waals surface area contributed by atoms with Gasteiger partial charge in [0, 0.05) is 17.2 Å². The summed E-state index contributed by atoms with van der Waals surface area (Å²) >= 11 is 2.07. The van der Waals surface area contributed by atoms with Gasteiger partial charge in [0.15, 0.2) is 0 Å². The number of hydrogen-bond acceptors (Lipinski definition) is 2. The first-order chi connectivity index (χ1) is 9.35. The predicted molar refractivity (Wildman–Crippen MR) is 83.5 cm³/mol. The zero-order chi connectivity index (χ0) is 13.1. The molecule has 104 valence electrons. The van der Waals surface area contributed by atoms with Crippen molar-refractivity contribution in [2.24, 2.45) is 17.8 Å². The Hall–Kier alpha value is -0.470. The van der Waals surface area contributed by atoms with Gasteiger partial charge in [0.05, 0.1) is 0 Å². The van der Waals surface area contributed by atoms with Gasteiger partial charge in [0.2, 0.25) is 0 Å². The van der Waals surface area contributed by atoms with Gasteiger partial charge < -0.3 is 5.32 Å². The van der Waals surface area contributed by atoms with Gasteiger partial charge in [0.25, 0.3) is 0 Å². The first-order valence-corrected chi connectivity index (χ1v) is 8.76. The van der Waals surface area contributed by atoms with Crippen LogP contribution in [0.15, 0.2) is 29.2 Å². The molecule has 2 heteroatoms. The van der Waals surface area contributed by atoms with E-state index in [0.717, 1.165) is 30.8 Å². The van der Waals surface area contributed by atoms with Gasteiger partial charge in [-0.05, 0) is 61.3 Å². The van der Waals surface area contributed by atoms with Crippen LogP contribution < -0.4 is 5.32 Å². The smallest absolute Gasteiger partial charge is 0.0205 e. The highest BCUT2D eigenvalue weighted by Gasteiger charge is 2.38. The van der Waals surface area contributed by atoms with Crippen molar-refractivity contribution >= 4 is 11.8 Å². The average Bonchev–Trinajstić information content (AvgIpc) is 3.06. The van der Waals surface area contributed by atoms with Crippen molar-refractivity contribution in [3.05, 3.63) is 29.8 Å². The lowest BCUT2D eigenvalue weighted by molar-refractivity contribution is 0.365. The Morgan fingerprint density at radius 1 is 1.16 bits per heavy atom. The first kappa shape index (κ1) is 13.5. The maximum Gasteiger partial charge on any atom is 0.0205 e. The third-order valence-electron chi connectivity index (χ3n) is 4.85. The van der Waals surface area contributed by atoms with E-state index in [4.69, 9.17) is 0 Å². The van der Waals surface area contributed by atoms with E-state index in [1.54, 1.807) is 0 Å². The molecule has 0 radical (unpaired) electrons. The van der Waals surface area contributed by atoms with Crippen molar-refractivity contribution in [1.29, 1.82) is 0 Å². The third kappa shape index (κ3) is 3.35. The molecule has 0 aliphatic heterocycles. The fourth-order valence-electron chi connectivity index (χ4n) is 3.76. The van der Waals surface area contributed by atoms with E-state index in [0.29, 0.717) is 0 Å². The van der Waals surface area contributed by atoms with E-state index in [2.05, 4.69) is 48.3 Å². The van der Waals surface area contributed by atoms with Crippen molar-refractivity contribution in [2.45, 2.75) is 44.0 Å². The Balaban J connectivity index is 1.47. The zero-order valence-corrected chi connectivity index (χ0v) is 12.7. The van der Waals surface area contributed by atoms with Crippen LogP contribution in [0, 0.1) is 17.8 Å². The zero-order valence-electron chi connectivity index (χ0n) is 11.9. The van der Waals surface area contributed by atoms with Crippen LogP contribution in [0.3, 0.4) is 0 Å². The van der Waals surface area contributed by atoms with Crippen LogP contribution in [0.2, 0.25) is 0 Å². The lowest BCUT2D eigenvalue weighted by Gasteiger charge is -2.21. The minimum atomic E-state index is 0.994. The van der Waals surface area contributed by atoms with Crippen LogP contribution in [0.4, 0.5) is 0 Å². The predicted octanol–water partition coefficient (Wildman–Crippen LogP) is 4.32. The molecule has 2 aliphatic rings. The van der Waals surface area contributed by atoms with Crippen molar-refractivity contribution in [3.8, 4) is 0 Å². The van der Waals surface area contributed by atoms with Crippen LogP contribution in [-0.4, -0.2) is 12.3 Å². The maximum absolute atomic E-state index is 3.37. The number of benzene rings is 1. The molecule has 0 aromatic heterocycles. The van der Waals surface area contributed by atoms with Gasteiger partial charge in [-0.15, -0.1) is 11.8 Å². The van der Waals surface area contributed by atoms with Gasteiger partial charge in [-0.1, -0.05) is 25.5 Å². The topological polar surface area (TPSA) is 12.0 Å². The van der Waals surface area contributed by atoms with E-state index >= 15 is 0 Å². The van der Waals surface area contributed by atoms with Gasteiger partial charge in [0.1, 0.15) is 0 Å². The maximum atomic E-state index is 3.37. The monoisotopic (exact) mass is 275 g/mol. The second kappa shape index (κ2) is 6.32. The summed E-state index contributed by atoms with van der Waals surface area (Å²) in [6.45, 7) is 4.19. The number of fused-ring (bicyclic) bond motifs is 2. The fourth-order valence-corrected chi connectivity index (χ4v) is 4.90. The van der Waals surface area contributed by atoms with E-state index in [1.165, 1.54) is 41.9 Å². The van der Waals surface area contributed by atoms with Gasteiger partial charge in [-0.2, -0.15) is 0 Å². The van der Waals surface area contributed by atoms with Crippen LogP contribution >= 0.6 is 11.8 Å². The summed E-state index contributed by atoms with van der Waals surface area (Å²) in [5.74, 6) is 4.49. The molecule has 2 fully saturated rings. The molecular formula is C17H25NS. The van der Waals surface area contributed by atoms with Crippen LogP contribution in [0.1, 0.15) is 38.2 Å². The number of hydrogen-bond donors (Lipinski definition) is 1. The molecule has 0 amide bonds. The molecule has 0 heterocycles. The van der Waals surface area contributed by atoms with Gasteiger partial charge >= 0.3 is 0 Å². The highest BCUT2D eigenvalue weighted by Crippen LogP contribution is 2.49. The molecule has 2 aliphatic carbocycles. The summed E-state index contributed by atoms with van der Waals surface area (Å²) in [5, 5.41) is 3.37. The summed E-state index contributed by atoms with van der Waals surface area (Å²) in [6, 6.07) is 9.13. The molecule has 2 saturated carbocycles. The minimum absolute atomic E-state index is 0.994. The molecule has 3 atom stereocenters. The van der Waals surface area contributed by atoms with Crippen LogP contribution in [0.25, 0.3) is 0 Å². The summed E-state index contributed by atoms with van der Waals surface area (Å²) in [6.07, 6.45) is 6.07. The normalized spacial score (nSPS) is 29.0. The average molecular weight is 275 g/mol. The van der Waals surface area contributed by atoms with E-state index in [1.807, 2.05) is 0 Å². The molecule has 0 spiro atoms. The Morgan fingerprint density at radius 2 is 2.00 bits per heavy atom. The van der Waals surface area contributed by atoms with Crippen LogP contribution in [-0.2, 0) is 6.54 Å². The molecule has 3 rings (SSSR count). The summed E-state index contributed by atoms with van der Waals surface area (Å²) < 4.78 is 0. The molecule has 1 aromatic carbocycles. The highest BCUT2D eigenvalue weighted by molar-refractivity contribution is 7.99. The minimum Gasteiger partial charge on any atom is -0.313 e. The standard InChI is InChI=1S/C17H25NS/c1-2-18-11-13-4-7-17(8-5-13)19-12-16-10-14-3-6-15(16)9-14/h4-5,7-8,14-16,18H,2-3,6,9-12H2,1H3. The SMILES string of the molecule is CCNCc1ccc(SCC2CC3CCC2C3)cc1. The van der Waals surface area contributed by atoms with E-state index < -0.39 is 0 Å². The van der Waals surface area contributed by atoms with Crippen molar-refractivity contribution in [1.82, 2.24) is 5.32 Å². The molecule has 1 nitrogen and oxygen atoms in total. The van der Waals surface area contributed by atoms with E-state index in [9.17, 15) is 0 Å². The Labute approximate surface area is 121 Å². The molecule has 0 saturated heterocycles. The van der Waals surface area contributed by atoms with Crippen molar-refractivity contribution in [3.63, 3.8) is 0 Å². The fraction of sp³-hybridized carbons (Fsp3) is 0.647. The third-order valence-corrected chi connectivity index (χ3v) is 6.05. The Kier molecular flexibility index (Phi) is 4.49.